The second kappa shape index (κ2) is 14.7. The average Bonchev–Trinajstić information content (AvgIpc) is 3.21. The number of hydrogen-bond acceptors (Lipinski definition) is 4. The van der Waals surface area contributed by atoms with Gasteiger partial charge in [0.15, 0.2) is 0 Å². The lowest BCUT2D eigenvalue weighted by Crippen LogP contribution is -2.12. The van der Waals surface area contributed by atoms with E-state index in [-0.39, 0.29) is 0 Å². The van der Waals surface area contributed by atoms with Crippen molar-refractivity contribution in [2.24, 2.45) is 0 Å². The van der Waals surface area contributed by atoms with E-state index in [1.165, 1.54) is 66.1 Å². The second-order valence-electron chi connectivity index (χ2n) is 14.7. The Morgan fingerprint density at radius 3 is 1.05 bits per heavy atom. The maximum absolute atomic E-state index is 4.87. The highest BCUT2D eigenvalue weighted by Gasteiger charge is 2.22. The van der Waals surface area contributed by atoms with E-state index in [1.54, 1.807) is 0 Å². The molecule has 0 atom stereocenters. The van der Waals surface area contributed by atoms with Crippen molar-refractivity contribution in [1.82, 2.24) is 9.97 Å². The Bertz CT molecular complexity index is 2600. The zero-order valence-electron chi connectivity index (χ0n) is 32.1. The van der Waals surface area contributed by atoms with Crippen molar-refractivity contribution in [3.63, 3.8) is 0 Å². The predicted octanol–water partition coefficient (Wildman–Crippen LogP) is 14.3. The number of aryl methyl sites for hydroxylation is 4. The number of nitrogens with zero attached hydrogens (tertiary/aromatic N) is 4. The van der Waals surface area contributed by atoms with Crippen molar-refractivity contribution in [3.8, 4) is 22.3 Å². The molecule has 4 nitrogen and oxygen atoms in total. The minimum absolute atomic E-state index is 0.868. The summed E-state index contributed by atoms with van der Waals surface area (Å²) in [6.45, 7) is 8.62. The normalized spacial score (nSPS) is 11.2. The average molecular weight is 723 g/mol. The summed E-state index contributed by atoms with van der Waals surface area (Å²) in [7, 11) is 0. The van der Waals surface area contributed by atoms with Gasteiger partial charge in [0.2, 0.25) is 0 Å². The van der Waals surface area contributed by atoms with Gasteiger partial charge in [-0.15, -0.1) is 0 Å². The first-order valence-electron chi connectivity index (χ1n) is 19.1. The molecule has 7 aromatic carbocycles. The molecule has 0 N–H and O–H groups in total. The number of benzene rings is 7. The van der Waals surface area contributed by atoms with E-state index in [4.69, 9.17) is 9.97 Å². The van der Waals surface area contributed by atoms with Crippen LogP contribution in [0.2, 0.25) is 0 Å². The van der Waals surface area contributed by atoms with Gasteiger partial charge >= 0.3 is 0 Å². The third-order valence-corrected chi connectivity index (χ3v) is 10.4. The van der Waals surface area contributed by atoms with Crippen LogP contribution in [0.15, 0.2) is 182 Å². The summed E-state index contributed by atoms with van der Waals surface area (Å²) in [6, 6.07) is 61.1. The van der Waals surface area contributed by atoms with Crippen molar-refractivity contribution in [2.75, 3.05) is 9.80 Å². The molecule has 9 rings (SSSR count). The van der Waals surface area contributed by atoms with E-state index < -0.39 is 0 Å². The molecule has 56 heavy (non-hydrogen) atoms. The highest BCUT2D eigenvalue weighted by molar-refractivity contribution is 6.22. The van der Waals surface area contributed by atoms with Crippen LogP contribution >= 0.6 is 0 Å². The molecule has 0 radical (unpaired) electrons. The molecule has 0 bridgehead atoms. The summed E-state index contributed by atoms with van der Waals surface area (Å²) in [6.07, 6.45) is 3.73. The summed E-state index contributed by atoms with van der Waals surface area (Å²) in [4.78, 5) is 14.3. The second-order valence-corrected chi connectivity index (χ2v) is 14.7. The highest BCUT2D eigenvalue weighted by atomic mass is 15.2. The van der Waals surface area contributed by atoms with Gasteiger partial charge in [-0.25, -0.2) is 9.97 Å². The zero-order chi connectivity index (χ0) is 38.2. The van der Waals surface area contributed by atoms with Gasteiger partial charge in [-0.2, -0.15) is 0 Å². The maximum Gasteiger partial charge on any atom is 0.137 e. The van der Waals surface area contributed by atoms with Crippen LogP contribution < -0.4 is 9.80 Å². The fourth-order valence-corrected chi connectivity index (χ4v) is 8.27. The van der Waals surface area contributed by atoms with Crippen molar-refractivity contribution in [3.05, 3.63) is 205 Å². The Morgan fingerprint density at radius 1 is 0.321 bits per heavy atom. The van der Waals surface area contributed by atoms with E-state index >= 15 is 0 Å². The minimum Gasteiger partial charge on any atom is -0.295 e. The molecule has 0 aliphatic carbocycles. The fourth-order valence-electron chi connectivity index (χ4n) is 8.27. The van der Waals surface area contributed by atoms with Crippen LogP contribution in [-0.2, 0) is 0 Å². The third kappa shape index (κ3) is 6.56. The van der Waals surface area contributed by atoms with Crippen molar-refractivity contribution in [1.29, 1.82) is 0 Å². The molecule has 0 fully saturated rings. The Hall–Kier alpha value is -7.04. The van der Waals surface area contributed by atoms with Crippen LogP contribution in [0.1, 0.15) is 22.3 Å². The van der Waals surface area contributed by atoms with Gasteiger partial charge in [-0.05, 0) is 167 Å². The first-order valence-corrected chi connectivity index (χ1v) is 19.1. The van der Waals surface area contributed by atoms with Crippen molar-refractivity contribution in [2.45, 2.75) is 27.7 Å². The van der Waals surface area contributed by atoms with Crippen LogP contribution in [0.5, 0.6) is 0 Å². The molecule has 0 aliphatic rings. The first kappa shape index (κ1) is 34.7. The molecular formula is C52H42N4. The quantitative estimate of drug-likeness (QED) is 0.146. The smallest absolute Gasteiger partial charge is 0.137 e. The lowest BCUT2D eigenvalue weighted by atomic mass is 9.85. The molecule has 0 amide bonds. The predicted molar refractivity (Wildman–Crippen MR) is 236 cm³/mol. The van der Waals surface area contributed by atoms with Gasteiger partial charge in [-0.3, -0.25) is 9.80 Å². The van der Waals surface area contributed by atoms with E-state index in [0.717, 1.165) is 34.4 Å². The number of hydrogen-bond donors (Lipinski definition) is 0. The molecule has 0 unspecified atom stereocenters. The molecule has 4 heteroatoms. The number of anilines is 6. The van der Waals surface area contributed by atoms with E-state index in [1.807, 2.05) is 24.5 Å². The monoisotopic (exact) mass is 722 g/mol. The fraction of sp³-hybridized carbons (Fsp3) is 0.0769. The van der Waals surface area contributed by atoms with Gasteiger partial charge in [0.25, 0.3) is 0 Å². The van der Waals surface area contributed by atoms with Crippen molar-refractivity contribution < 1.29 is 0 Å². The van der Waals surface area contributed by atoms with E-state index in [9.17, 15) is 0 Å². The minimum atomic E-state index is 0.868. The Morgan fingerprint density at radius 2 is 0.696 bits per heavy atom. The first-order chi connectivity index (χ1) is 27.4. The van der Waals surface area contributed by atoms with Crippen LogP contribution in [0, 0.1) is 27.7 Å². The molecular weight excluding hydrogens is 681 g/mol. The Labute approximate surface area is 329 Å². The summed E-state index contributed by atoms with van der Waals surface area (Å²) in [5.41, 5.74) is 13.8. The van der Waals surface area contributed by atoms with Gasteiger partial charge in [0, 0.05) is 35.1 Å². The van der Waals surface area contributed by atoms with Crippen LogP contribution in [0.4, 0.5) is 34.4 Å². The van der Waals surface area contributed by atoms with Crippen LogP contribution in [-0.4, -0.2) is 9.97 Å². The topological polar surface area (TPSA) is 32.3 Å². The molecule has 9 aromatic rings. The molecule has 0 saturated heterocycles. The Kier molecular flexibility index (Phi) is 9.08. The summed E-state index contributed by atoms with van der Waals surface area (Å²) >= 11 is 0. The SMILES string of the molecule is Cc1cc(C)cc(N(c2ccc3c(-c4ccccc4)c4cc(N(c5cc(C)cc(C)c5)c5ccccn5)ccc4c(-c4ccccc4)c3c2)c2ccccn2)c1. The number of aromatic nitrogens is 2. The molecule has 0 spiro atoms. The number of pyridine rings is 2. The van der Waals surface area contributed by atoms with E-state index in [2.05, 4.69) is 195 Å². The van der Waals surface area contributed by atoms with Gasteiger partial charge in [0.1, 0.15) is 11.6 Å². The van der Waals surface area contributed by atoms with Crippen LogP contribution in [0.25, 0.3) is 43.8 Å². The van der Waals surface area contributed by atoms with Gasteiger partial charge in [0.05, 0.1) is 0 Å². The molecule has 2 aromatic heterocycles. The standard InChI is InChI=1S/C52H42N4/c1-35-27-36(2)30-43(29-35)55(49-19-11-13-25-53-49)41-21-23-45-47(33-41)51(39-15-7-5-8-16-39)46-24-22-42(34-48(46)52(45)40-17-9-6-10-18-40)56(50-20-12-14-26-54-50)44-31-37(3)28-38(4)32-44/h5-34H,1-4H3. The van der Waals surface area contributed by atoms with Gasteiger partial charge in [-0.1, -0.05) is 97.1 Å². The third-order valence-electron chi connectivity index (χ3n) is 10.4. The molecule has 2 heterocycles. The van der Waals surface area contributed by atoms with E-state index in [0.29, 0.717) is 0 Å². The molecule has 270 valence electrons. The van der Waals surface area contributed by atoms with Crippen LogP contribution in [0.3, 0.4) is 0 Å². The van der Waals surface area contributed by atoms with Crippen molar-refractivity contribution >= 4 is 55.9 Å². The molecule has 0 saturated carbocycles. The largest absolute Gasteiger partial charge is 0.295 e. The lowest BCUT2D eigenvalue weighted by molar-refractivity contribution is 1.17. The number of fused-ring (bicyclic) bond motifs is 2. The summed E-state index contributed by atoms with van der Waals surface area (Å²) < 4.78 is 0. The highest BCUT2D eigenvalue weighted by Crippen LogP contribution is 2.48. The zero-order valence-corrected chi connectivity index (χ0v) is 32.1. The van der Waals surface area contributed by atoms with Gasteiger partial charge < -0.3 is 0 Å². The lowest BCUT2D eigenvalue weighted by Gasteiger charge is -2.27. The Balaban J connectivity index is 1.38. The summed E-state index contributed by atoms with van der Waals surface area (Å²) in [5.74, 6) is 1.74. The number of rotatable bonds is 8. The molecule has 0 aliphatic heterocycles. The maximum atomic E-state index is 4.87. The summed E-state index contributed by atoms with van der Waals surface area (Å²) in [5, 5.41) is 4.71.